The number of carbonyl (C=O) groups is 1. The van der Waals surface area contributed by atoms with E-state index in [0.717, 1.165) is 57.8 Å². The molecule has 6 nitrogen and oxygen atoms in total. The second-order valence-corrected chi connectivity index (χ2v) is 15.8. The lowest BCUT2D eigenvalue weighted by molar-refractivity contribution is -0.222. The minimum atomic E-state index is -1.000. The molecule has 0 aromatic heterocycles. The molecule has 5 rings (SSSR count). The van der Waals surface area contributed by atoms with E-state index in [0.29, 0.717) is 5.92 Å². The molecule has 4 unspecified atom stereocenters. The predicted molar refractivity (Wildman–Crippen MR) is 153 cm³/mol. The van der Waals surface area contributed by atoms with Crippen LogP contribution in [0.25, 0.3) is 0 Å². The Morgan fingerprint density at radius 1 is 1.00 bits per heavy atom. The van der Waals surface area contributed by atoms with Crippen molar-refractivity contribution in [3.05, 3.63) is 11.6 Å². The molecule has 0 aliphatic heterocycles. The molecule has 5 N–H and O–H groups in total. The maximum atomic E-state index is 14.0. The fourth-order valence-corrected chi connectivity index (χ4v) is 11.3. The molecule has 6 heteroatoms. The molecule has 5 aliphatic rings. The first kappa shape index (κ1) is 29.5. The highest BCUT2D eigenvalue weighted by molar-refractivity contribution is 5.84. The Morgan fingerprint density at radius 2 is 1.69 bits per heavy atom. The highest BCUT2D eigenvalue weighted by Gasteiger charge is 2.71. The Balaban J connectivity index is 1.61. The van der Waals surface area contributed by atoms with Gasteiger partial charge in [0.15, 0.2) is 0 Å². The van der Waals surface area contributed by atoms with Crippen LogP contribution in [0, 0.1) is 50.7 Å². The average molecular weight is 546 g/mol. The number of rotatable bonds is 4. The third kappa shape index (κ3) is 3.69. The van der Waals surface area contributed by atoms with Crippen LogP contribution in [0.3, 0.4) is 0 Å². The van der Waals surface area contributed by atoms with Crippen LogP contribution in [0.5, 0.6) is 0 Å². The minimum Gasteiger partial charge on any atom is -0.396 e. The molecule has 39 heavy (non-hydrogen) atoms. The van der Waals surface area contributed by atoms with E-state index >= 15 is 0 Å². The molecule has 4 saturated carbocycles. The van der Waals surface area contributed by atoms with Crippen molar-refractivity contribution >= 4 is 5.91 Å². The summed E-state index contributed by atoms with van der Waals surface area (Å²) in [4.78, 5) is 14.0. The van der Waals surface area contributed by atoms with Crippen molar-refractivity contribution in [1.82, 2.24) is 5.32 Å². The van der Waals surface area contributed by atoms with Gasteiger partial charge in [0.25, 0.3) is 0 Å². The normalized spacial score (nSPS) is 53.8. The number of aliphatic hydroxyl groups is 4. The van der Waals surface area contributed by atoms with Crippen molar-refractivity contribution in [1.29, 1.82) is 0 Å². The highest BCUT2D eigenvalue weighted by Crippen LogP contribution is 2.76. The molecule has 5 aliphatic carbocycles. The second kappa shape index (κ2) is 9.28. The molecular weight excluding hydrogens is 490 g/mol. The van der Waals surface area contributed by atoms with Crippen molar-refractivity contribution in [2.75, 3.05) is 13.2 Å². The van der Waals surface area contributed by atoms with E-state index in [1.54, 1.807) is 0 Å². The van der Waals surface area contributed by atoms with Crippen molar-refractivity contribution in [3.8, 4) is 0 Å². The van der Waals surface area contributed by atoms with Gasteiger partial charge in [-0.15, -0.1) is 0 Å². The van der Waals surface area contributed by atoms with E-state index in [1.165, 1.54) is 5.57 Å². The molecule has 0 spiro atoms. The number of nitrogens with one attached hydrogen (secondary N) is 1. The van der Waals surface area contributed by atoms with Crippen LogP contribution in [0.1, 0.15) is 106 Å². The van der Waals surface area contributed by atoms with Crippen molar-refractivity contribution < 1.29 is 25.2 Å². The SMILES string of the molecule is CC(CO)NC(=O)[C@]12CC[C@@H](C)[C@@](C)(O)C1C1=CCC3[C@@]4(C)CC[C@H](O)[C@@](C)(CO)C4CC[C@@]3(C)[C@]1(C)CC2. The monoisotopic (exact) mass is 545 g/mol. The topological polar surface area (TPSA) is 110 Å². The molecule has 4 fully saturated rings. The zero-order valence-electron chi connectivity index (χ0n) is 25.5. The third-order valence-electron chi connectivity index (χ3n) is 14.3. The summed E-state index contributed by atoms with van der Waals surface area (Å²) in [7, 11) is 0. The van der Waals surface area contributed by atoms with Gasteiger partial charge in [-0.25, -0.2) is 0 Å². The van der Waals surface area contributed by atoms with Gasteiger partial charge in [-0.3, -0.25) is 4.79 Å². The van der Waals surface area contributed by atoms with Gasteiger partial charge in [-0.1, -0.05) is 46.3 Å². The molecule has 12 atom stereocenters. The first-order chi connectivity index (χ1) is 18.1. The maximum absolute atomic E-state index is 14.0. The lowest BCUT2D eigenvalue weighted by Gasteiger charge is -2.72. The van der Waals surface area contributed by atoms with Gasteiger partial charge in [0.2, 0.25) is 5.91 Å². The lowest BCUT2D eigenvalue weighted by atomic mass is 9.33. The molecule has 1 amide bonds. The highest BCUT2D eigenvalue weighted by atomic mass is 16.3. The van der Waals surface area contributed by atoms with Crippen LogP contribution < -0.4 is 5.32 Å². The molecular formula is C33H55NO5. The number of allylic oxidation sites excluding steroid dienone is 1. The van der Waals surface area contributed by atoms with E-state index in [9.17, 15) is 25.2 Å². The summed E-state index contributed by atoms with van der Waals surface area (Å²) in [5, 5.41) is 46.5. The Hall–Kier alpha value is -0.950. The zero-order chi connectivity index (χ0) is 28.8. The summed E-state index contributed by atoms with van der Waals surface area (Å²) in [6.07, 6.45) is 9.81. The standard InChI is InChI=1S/C33H55NO5/c1-20-10-15-33(27(38)34-21(2)18-35)17-16-30(5)22(26(33)32(20,7)39)8-9-24-28(3)13-12-25(37)29(4,19-36)23(28)11-14-31(24,30)6/h8,20-21,23-26,35-37,39H,9-19H2,1-7H3,(H,34,38)/t20-,21?,23?,24?,25+,26?,28+,29+,30-,31-,32-,33+/m1/s1. The molecule has 0 aromatic carbocycles. The zero-order valence-corrected chi connectivity index (χ0v) is 25.5. The Kier molecular flexibility index (Phi) is 7.03. The number of fused-ring (bicyclic) bond motifs is 7. The smallest absolute Gasteiger partial charge is 0.227 e. The lowest BCUT2D eigenvalue weighted by Crippen LogP contribution is -2.69. The second-order valence-electron chi connectivity index (χ2n) is 15.8. The Labute approximate surface area is 236 Å². The molecule has 0 radical (unpaired) electrons. The fraction of sp³-hybridized carbons (Fsp3) is 0.909. The van der Waals surface area contributed by atoms with Crippen molar-refractivity contribution in [2.45, 2.75) is 124 Å². The van der Waals surface area contributed by atoms with E-state index in [1.807, 2.05) is 13.8 Å². The largest absolute Gasteiger partial charge is 0.396 e. The van der Waals surface area contributed by atoms with Crippen LogP contribution in [-0.4, -0.2) is 57.3 Å². The van der Waals surface area contributed by atoms with Crippen LogP contribution >= 0.6 is 0 Å². The number of aliphatic hydroxyl groups excluding tert-OH is 3. The number of hydrogen-bond donors (Lipinski definition) is 5. The average Bonchev–Trinajstić information content (AvgIpc) is 2.88. The quantitative estimate of drug-likeness (QED) is 0.332. The first-order valence-corrected chi connectivity index (χ1v) is 15.7. The molecule has 0 saturated heterocycles. The fourth-order valence-electron chi connectivity index (χ4n) is 11.3. The maximum Gasteiger partial charge on any atom is 0.227 e. The summed E-state index contributed by atoms with van der Waals surface area (Å²) in [6.45, 7) is 15.3. The van der Waals surface area contributed by atoms with Crippen LogP contribution in [0.4, 0.5) is 0 Å². The third-order valence-corrected chi connectivity index (χ3v) is 14.3. The van der Waals surface area contributed by atoms with Crippen LogP contribution in [0.2, 0.25) is 0 Å². The Bertz CT molecular complexity index is 1030. The van der Waals surface area contributed by atoms with Gasteiger partial charge < -0.3 is 25.7 Å². The molecule has 0 heterocycles. The number of hydrogen-bond acceptors (Lipinski definition) is 5. The molecule has 222 valence electrons. The number of amides is 1. The minimum absolute atomic E-state index is 0.00121. The van der Waals surface area contributed by atoms with E-state index in [2.05, 4.69) is 46.0 Å². The molecule has 0 aromatic rings. The van der Waals surface area contributed by atoms with Gasteiger partial charge in [0.1, 0.15) is 0 Å². The van der Waals surface area contributed by atoms with E-state index in [4.69, 9.17) is 0 Å². The summed E-state index contributed by atoms with van der Waals surface area (Å²) in [5.74, 6) is 0.509. The van der Waals surface area contributed by atoms with Crippen molar-refractivity contribution in [2.24, 2.45) is 50.7 Å². The van der Waals surface area contributed by atoms with E-state index < -0.39 is 22.5 Å². The van der Waals surface area contributed by atoms with Gasteiger partial charge in [-0.05, 0) is 106 Å². The summed E-state index contributed by atoms with van der Waals surface area (Å²) in [5.41, 5.74) is -0.991. The van der Waals surface area contributed by atoms with Crippen LogP contribution in [0.15, 0.2) is 11.6 Å². The van der Waals surface area contributed by atoms with Crippen LogP contribution in [-0.2, 0) is 4.79 Å². The van der Waals surface area contributed by atoms with E-state index in [-0.39, 0.29) is 59.2 Å². The van der Waals surface area contributed by atoms with Gasteiger partial charge in [0.05, 0.1) is 30.3 Å². The van der Waals surface area contributed by atoms with Gasteiger partial charge >= 0.3 is 0 Å². The number of carbonyl (C=O) groups excluding carboxylic acids is 1. The summed E-state index contributed by atoms with van der Waals surface area (Å²) < 4.78 is 0. The first-order valence-electron chi connectivity index (χ1n) is 15.7. The predicted octanol–water partition coefficient (Wildman–Crippen LogP) is 4.59. The summed E-state index contributed by atoms with van der Waals surface area (Å²) in [6, 6.07) is -0.315. The molecule has 0 bridgehead atoms. The van der Waals surface area contributed by atoms with Crippen molar-refractivity contribution in [3.63, 3.8) is 0 Å². The van der Waals surface area contributed by atoms with Gasteiger partial charge in [-0.2, -0.15) is 0 Å². The Morgan fingerprint density at radius 3 is 2.33 bits per heavy atom. The van der Waals surface area contributed by atoms with Gasteiger partial charge in [0, 0.05) is 17.4 Å². The summed E-state index contributed by atoms with van der Waals surface area (Å²) >= 11 is 0.